The second-order valence-corrected chi connectivity index (χ2v) is 2.99. The highest BCUT2D eigenvalue weighted by Gasteiger charge is 2.43. The first kappa shape index (κ1) is 10.8. The number of aliphatic hydroxyl groups is 3. The maximum Gasteiger partial charge on any atom is 0.186 e. The fraction of sp³-hybridized carbons (Fsp3) is 1.00. The summed E-state index contributed by atoms with van der Waals surface area (Å²) in [6.07, 6.45) is -5.35. The van der Waals surface area contributed by atoms with Gasteiger partial charge >= 0.3 is 0 Å². The van der Waals surface area contributed by atoms with Gasteiger partial charge in [0.15, 0.2) is 6.29 Å². The number of aliphatic hydroxyl groups excluding tert-OH is 3. The van der Waals surface area contributed by atoms with Crippen molar-refractivity contribution in [2.75, 3.05) is 13.7 Å². The van der Waals surface area contributed by atoms with E-state index in [1.54, 1.807) is 0 Å². The van der Waals surface area contributed by atoms with Gasteiger partial charge in [-0.2, -0.15) is 0 Å². The first-order valence-corrected chi connectivity index (χ1v) is 4.04. The monoisotopic (exact) mass is 193 g/mol. The largest absolute Gasteiger partial charge is 0.388 e. The molecule has 1 heterocycles. The van der Waals surface area contributed by atoms with Gasteiger partial charge in [0.25, 0.3) is 0 Å². The van der Waals surface area contributed by atoms with Gasteiger partial charge in [-0.3, -0.25) is 0 Å². The molecule has 0 bridgehead atoms. The summed E-state index contributed by atoms with van der Waals surface area (Å²) in [5.41, 5.74) is 5.28. The smallest absolute Gasteiger partial charge is 0.186 e. The third-order valence-corrected chi connectivity index (χ3v) is 2.13. The van der Waals surface area contributed by atoms with Crippen molar-refractivity contribution < 1.29 is 24.8 Å². The second kappa shape index (κ2) is 4.32. The lowest BCUT2D eigenvalue weighted by molar-refractivity contribution is -0.287. The van der Waals surface area contributed by atoms with Gasteiger partial charge in [0, 0.05) is 13.7 Å². The van der Waals surface area contributed by atoms with Crippen molar-refractivity contribution in [3.8, 4) is 0 Å². The third kappa shape index (κ3) is 1.98. The number of nitrogens with two attached hydrogens (primary N) is 1. The minimum atomic E-state index is -1.28. The van der Waals surface area contributed by atoms with Crippen LogP contribution in [0.15, 0.2) is 0 Å². The third-order valence-electron chi connectivity index (χ3n) is 2.13. The number of methoxy groups -OCH3 is 1. The Morgan fingerprint density at radius 1 is 1.23 bits per heavy atom. The van der Waals surface area contributed by atoms with Crippen molar-refractivity contribution in [2.45, 2.75) is 30.7 Å². The molecule has 78 valence electrons. The standard InChI is InChI=1S/C7H15NO5/c1-12-7-6(11)5(10)4(9)3(2-8)13-7/h3-7,9-11H,2,8H2,1H3/t3?,4?,5-,6?,7?/m1/s1. The molecular formula is C7H15NO5. The van der Waals surface area contributed by atoms with Crippen LogP contribution in [0, 0.1) is 0 Å². The molecule has 1 aliphatic heterocycles. The van der Waals surface area contributed by atoms with Crippen LogP contribution in [0.1, 0.15) is 0 Å². The van der Waals surface area contributed by atoms with Crippen molar-refractivity contribution in [2.24, 2.45) is 5.73 Å². The number of rotatable bonds is 2. The van der Waals surface area contributed by atoms with E-state index in [1.165, 1.54) is 7.11 Å². The van der Waals surface area contributed by atoms with Crippen molar-refractivity contribution in [1.82, 2.24) is 0 Å². The van der Waals surface area contributed by atoms with Crippen LogP contribution < -0.4 is 5.73 Å². The molecule has 0 aromatic rings. The average molecular weight is 193 g/mol. The van der Waals surface area contributed by atoms with Crippen molar-refractivity contribution in [1.29, 1.82) is 0 Å². The molecule has 1 saturated heterocycles. The highest BCUT2D eigenvalue weighted by molar-refractivity contribution is 4.89. The molecule has 0 aliphatic carbocycles. The number of hydrogen-bond donors (Lipinski definition) is 4. The molecule has 4 unspecified atom stereocenters. The lowest BCUT2D eigenvalue weighted by atomic mass is 9.99. The van der Waals surface area contributed by atoms with Gasteiger partial charge < -0.3 is 30.5 Å². The molecule has 6 nitrogen and oxygen atoms in total. The van der Waals surface area contributed by atoms with Crippen molar-refractivity contribution >= 4 is 0 Å². The lowest BCUT2D eigenvalue weighted by Crippen LogP contribution is -2.59. The van der Waals surface area contributed by atoms with Crippen LogP contribution in [-0.4, -0.2) is 59.7 Å². The van der Waals surface area contributed by atoms with Crippen LogP contribution in [0.25, 0.3) is 0 Å². The molecule has 0 aromatic carbocycles. The second-order valence-electron chi connectivity index (χ2n) is 2.99. The summed E-state index contributed by atoms with van der Waals surface area (Å²) < 4.78 is 9.83. The molecule has 6 heteroatoms. The Morgan fingerprint density at radius 2 is 1.85 bits per heavy atom. The Labute approximate surface area is 75.9 Å². The van der Waals surface area contributed by atoms with E-state index in [0.29, 0.717) is 0 Å². The van der Waals surface area contributed by atoms with Crippen molar-refractivity contribution in [3.05, 3.63) is 0 Å². The Hall–Kier alpha value is -0.240. The van der Waals surface area contributed by atoms with Gasteiger partial charge in [-0.05, 0) is 0 Å². The molecule has 1 aliphatic rings. The van der Waals surface area contributed by atoms with E-state index in [2.05, 4.69) is 0 Å². The van der Waals surface area contributed by atoms with Gasteiger partial charge in [0.2, 0.25) is 0 Å². The van der Waals surface area contributed by atoms with E-state index in [4.69, 9.17) is 15.2 Å². The molecule has 1 rings (SSSR count). The average Bonchev–Trinajstić information content (AvgIpc) is 2.15. The summed E-state index contributed by atoms with van der Waals surface area (Å²) in [5.74, 6) is 0. The summed E-state index contributed by atoms with van der Waals surface area (Å²) in [5, 5.41) is 28.0. The molecule has 5 N–H and O–H groups in total. The van der Waals surface area contributed by atoms with E-state index in [1.807, 2.05) is 0 Å². The van der Waals surface area contributed by atoms with E-state index >= 15 is 0 Å². The quantitative estimate of drug-likeness (QED) is 0.383. The zero-order valence-corrected chi connectivity index (χ0v) is 7.33. The summed E-state index contributed by atoms with van der Waals surface area (Å²) in [4.78, 5) is 0. The van der Waals surface area contributed by atoms with Gasteiger partial charge in [-0.1, -0.05) is 0 Å². The fourth-order valence-corrected chi connectivity index (χ4v) is 1.31. The van der Waals surface area contributed by atoms with Gasteiger partial charge in [-0.15, -0.1) is 0 Å². The normalized spacial score (nSPS) is 46.4. The van der Waals surface area contributed by atoms with Crippen LogP contribution in [-0.2, 0) is 9.47 Å². The van der Waals surface area contributed by atoms with Crippen LogP contribution in [0.2, 0.25) is 0 Å². The Bertz CT molecular complexity index is 147. The molecule has 5 atom stereocenters. The Balaban J connectivity index is 2.66. The number of hydrogen-bond acceptors (Lipinski definition) is 6. The van der Waals surface area contributed by atoms with Gasteiger partial charge in [0.05, 0.1) is 0 Å². The highest BCUT2D eigenvalue weighted by atomic mass is 16.7. The number of ether oxygens (including phenoxy) is 2. The lowest BCUT2D eigenvalue weighted by Gasteiger charge is -2.39. The summed E-state index contributed by atoms with van der Waals surface area (Å²) in [6, 6.07) is 0. The van der Waals surface area contributed by atoms with Crippen LogP contribution in [0.3, 0.4) is 0 Å². The predicted molar refractivity (Wildman–Crippen MR) is 42.7 cm³/mol. The first-order chi connectivity index (χ1) is 6.11. The zero-order valence-electron chi connectivity index (χ0n) is 7.33. The summed E-state index contributed by atoms with van der Waals surface area (Å²) in [7, 11) is 1.34. The minimum absolute atomic E-state index is 0.0603. The SMILES string of the molecule is COC1OC(CN)C(O)[C@@H](O)C1O. The zero-order chi connectivity index (χ0) is 10.0. The van der Waals surface area contributed by atoms with E-state index < -0.39 is 30.7 Å². The first-order valence-electron chi connectivity index (χ1n) is 4.04. The van der Waals surface area contributed by atoms with E-state index in [-0.39, 0.29) is 6.54 Å². The molecule has 0 saturated carbocycles. The molecule has 13 heavy (non-hydrogen) atoms. The molecular weight excluding hydrogens is 178 g/mol. The topological polar surface area (TPSA) is 105 Å². The minimum Gasteiger partial charge on any atom is -0.388 e. The summed E-state index contributed by atoms with van der Waals surface area (Å²) in [6.45, 7) is 0.0603. The van der Waals surface area contributed by atoms with Gasteiger partial charge in [0.1, 0.15) is 24.4 Å². The van der Waals surface area contributed by atoms with E-state index in [9.17, 15) is 15.3 Å². The maximum absolute atomic E-state index is 9.35. The van der Waals surface area contributed by atoms with Crippen LogP contribution in [0.5, 0.6) is 0 Å². The highest BCUT2D eigenvalue weighted by Crippen LogP contribution is 2.20. The molecule has 1 fully saturated rings. The molecule has 0 aromatic heterocycles. The summed E-state index contributed by atoms with van der Waals surface area (Å²) >= 11 is 0. The molecule has 0 radical (unpaired) electrons. The van der Waals surface area contributed by atoms with Crippen molar-refractivity contribution in [3.63, 3.8) is 0 Å². The van der Waals surface area contributed by atoms with Crippen LogP contribution in [0.4, 0.5) is 0 Å². The fourth-order valence-electron chi connectivity index (χ4n) is 1.31. The molecule has 0 amide bonds. The van der Waals surface area contributed by atoms with E-state index in [0.717, 1.165) is 0 Å². The predicted octanol–water partition coefficient (Wildman–Crippen LogP) is -2.60. The van der Waals surface area contributed by atoms with Gasteiger partial charge in [-0.25, -0.2) is 0 Å². The van der Waals surface area contributed by atoms with Crippen LogP contribution >= 0.6 is 0 Å². The molecule has 0 spiro atoms. The Kier molecular flexibility index (Phi) is 3.60. The Morgan fingerprint density at radius 3 is 2.31 bits per heavy atom. The maximum atomic E-state index is 9.35.